The van der Waals surface area contributed by atoms with Crippen molar-refractivity contribution in [2.75, 3.05) is 5.75 Å². The first-order chi connectivity index (χ1) is 14.6. The summed E-state index contributed by atoms with van der Waals surface area (Å²) in [5.41, 5.74) is 2.11. The molecule has 0 aliphatic carbocycles. The van der Waals surface area contributed by atoms with Crippen molar-refractivity contribution in [3.05, 3.63) is 70.6 Å². The number of hydrogen-bond acceptors (Lipinski definition) is 5. The average molecular weight is 417 g/mol. The predicted octanol–water partition coefficient (Wildman–Crippen LogP) is 4.26. The van der Waals surface area contributed by atoms with Crippen LogP contribution in [0.1, 0.15) is 23.7 Å². The molecule has 0 spiro atoms. The van der Waals surface area contributed by atoms with E-state index in [1.165, 1.54) is 11.8 Å². The smallest absolute Gasteiger partial charge is 0.262 e. The number of Topliss-reactive ketones (excluding diaryl/α,β-unsaturated/α-hetero) is 1. The molecule has 0 N–H and O–H groups in total. The highest BCUT2D eigenvalue weighted by Gasteiger charge is 2.17. The molecule has 0 atom stereocenters. The topological polar surface area (TPSA) is 80.7 Å². The minimum atomic E-state index is -0.0915. The van der Waals surface area contributed by atoms with Crippen LogP contribution in [0.4, 0.5) is 0 Å². The van der Waals surface area contributed by atoms with Crippen molar-refractivity contribution in [1.29, 1.82) is 5.26 Å². The lowest BCUT2D eigenvalue weighted by Crippen LogP contribution is -2.22. The molecule has 0 aliphatic heterocycles. The van der Waals surface area contributed by atoms with Crippen LogP contribution in [0.3, 0.4) is 0 Å². The van der Waals surface area contributed by atoms with Gasteiger partial charge in [-0.2, -0.15) is 5.26 Å². The van der Waals surface area contributed by atoms with Gasteiger partial charge in [0.15, 0.2) is 10.9 Å². The Bertz CT molecular complexity index is 1350. The lowest BCUT2D eigenvalue weighted by molar-refractivity contribution is 0.102. The van der Waals surface area contributed by atoms with Gasteiger partial charge in [0, 0.05) is 35.8 Å². The Morgan fingerprint density at radius 3 is 2.63 bits per heavy atom. The maximum atomic E-state index is 13.1. The zero-order valence-corrected chi connectivity index (χ0v) is 17.4. The summed E-state index contributed by atoms with van der Waals surface area (Å²) in [5, 5.41) is 10.9. The van der Waals surface area contributed by atoms with Gasteiger partial charge in [-0.3, -0.25) is 14.2 Å². The van der Waals surface area contributed by atoms with Crippen LogP contribution in [-0.2, 0) is 13.1 Å². The summed E-state index contributed by atoms with van der Waals surface area (Å²) in [6.45, 7) is 2.92. The van der Waals surface area contributed by atoms with Crippen molar-refractivity contribution in [3.8, 4) is 6.07 Å². The van der Waals surface area contributed by atoms with Crippen molar-refractivity contribution < 1.29 is 4.79 Å². The molecule has 0 radical (unpaired) electrons. The Morgan fingerprint density at radius 2 is 1.87 bits per heavy atom. The van der Waals surface area contributed by atoms with Crippen LogP contribution in [0.5, 0.6) is 0 Å². The SMILES string of the molecule is CCn1c(SCC(=O)c2cn(CCC#N)c3ccccc23)nc2ccccc2c1=O. The van der Waals surface area contributed by atoms with E-state index >= 15 is 0 Å². The van der Waals surface area contributed by atoms with Crippen molar-refractivity contribution in [1.82, 2.24) is 14.1 Å². The molecule has 2 heterocycles. The molecule has 4 rings (SSSR count). The minimum Gasteiger partial charge on any atom is -0.346 e. The van der Waals surface area contributed by atoms with Crippen molar-refractivity contribution in [3.63, 3.8) is 0 Å². The standard InChI is InChI=1S/C23H20N4O2S/c1-2-27-22(29)17-9-3-5-10-19(17)25-23(27)30-15-21(28)18-14-26(13-7-12-24)20-11-6-4-8-16(18)20/h3-6,8-11,14H,2,7,13,15H2,1H3. The summed E-state index contributed by atoms with van der Waals surface area (Å²) in [4.78, 5) is 30.4. The molecule has 0 aliphatic rings. The fourth-order valence-corrected chi connectivity index (χ4v) is 4.52. The molecule has 2 aromatic heterocycles. The molecule has 0 saturated carbocycles. The average Bonchev–Trinajstić information content (AvgIpc) is 3.15. The third-order valence-electron chi connectivity index (χ3n) is 5.03. The van der Waals surface area contributed by atoms with Crippen LogP contribution in [0.15, 0.2) is 64.7 Å². The lowest BCUT2D eigenvalue weighted by Gasteiger charge is -2.10. The molecule has 150 valence electrons. The molecular formula is C23H20N4O2S. The molecule has 30 heavy (non-hydrogen) atoms. The number of benzene rings is 2. The van der Waals surface area contributed by atoms with Crippen LogP contribution in [0.25, 0.3) is 21.8 Å². The quantitative estimate of drug-likeness (QED) is 0.255. The highest BCUT2D eigenvalue weighted by Crippen LogP contribution is 2.25. The van der Waals surface area contributed by atoms with E-state index in [0.717, 1.165) is 10.9 Å². The van der Waals surface area contributed by atoms with Crippen LogP contribution in [0, 0.1) is 11.3 Å². The summed E-state index contributed by atoms with van der Waals surface area (Å²) < 4.78 is 3.56. The minimum absolute atomic E-state index is 0.0306. The van der Waals surface area contributed by atoms with Gasteiger partial charge in [-0.15, -0.1) is 0 Å². The van der Waals surface area contributed by atoms with Gasteiger partial charge in [-0.05, 0) is 25.1 Å². The van der Waals surface area contributed by atoms with E-state index in [-0.39, 0.29) is 17.1 Å². The highest BCUT2D eigenvalue weighted by atomic mass is 32.2. The number of rotatable bonds is 7. The number of ketones is 1. The Labute approximate surface area is 177 Å². The summed E-state index contributed by atoms with van der Waals surface area (Å²) in [6, 6.07) is 17.1. The zero-order valence-electron chi connectivity index (χ0n) is 16.5. The molecule has 6 nitrogen and oxygen atoms in total. The number of carbonyl (C=O) groups excluding carboxylic acids is 1. The fraction of sp³-hybridized carbons (Fsp3) is 0.217. The van der Waals surface area contributed by atoms with Crippen molar-refractivity contribution in [2.24, 2.45) is 0 Å². The number of thioether (sulfide) groups is 1. The molecule has 2 aromatic carbocycles. The second kappa shape index (κ2) is 8.56. The van der Waals surface area contributed by atoms with Gasteiger partial charge in [-0.25, -0.2) is 4.98 Å². The second-order valence-corrected chi connectivity index (χ2v) is 7.78. The molecule has 4 aromatic rings. The Hall–Kier alpha value is -3.37. The first-order valence-corrected chi connectivity index (χ1v) is 10.7. The summed E-state index contributed by atoms with van der Waals surface area (Å²) in [6.07, 6.45) is 2.20. The molecular weight excluding hydrogens is 396 g/mol. The molecule has 7 heteroatoms. The monoisotopic (exact) mass is 416 g/mol. The maximum absolute atomic E-state index is 13.1. The fourth-order valence-electron chi connectivity index (χ4n) is 3.57. The highest BCUT2D eigenvalue weighted by molar-refractivity contribution is 7.99. The van der Waals surface area contributed by atoms with E-state index in [0.29, 0.717) is 41.1 Å². The maximum Gasteiger partial charge on any atom is 0.262 e. The van der Waals surface area contributed by atoms with Gasteiger partial charge in [0.25, 0.3) is 5.56 Å². The van der Waals surface area contributed by atoms with Gasteiger partial charge in [0.05, 0.1) is 29.1 Å². The Kier molecular flexibility index (Phi) is 5.68. The Morgan fingerprint density at radius 1 is 1.13 bits per heavy atom. The van der Waals surface area contributed by atoms with Crippen LogP contribution in [-0.4, -0.2) is 25.7 Å². The number of para-hydroxylation sites is 2. The number of aromatic nitrogens is 3. The zero-order chi connectivity index (χ0) is 21.1. The third kappa shape index (κ3) is 3.62. The van der Waals surface area contributed by atoms with Gasteiger partial charge >= 0.3 is 0 Å². The number of nitriles is 1. The number of hydrogen-bond donors (Lipinski definition) is 0. The van der Waals surface area contributed by atoms with E-state index in [1.54, 1.807) is 10.6 Å². The molecule has 0 amide bonds. The van der Waals surface area contributed by atoms with E-state index < -0.39 is 0 Å². The van der Waals surface area contributed by atoms with E-state index in [2.05, 4.69) is 11.1 Å². The van der Waals surface area contributed by atoms with Gasteiger partial charge in [-0.1, -0.05) is 42.1 Å². The normalized spacial score (nSPS) is 11.1. The van der Waals surface area contributed by atoms with Crippen LogP contribution < -0.4 is 5.56 Å². The lowest BCUT2D eigenvalue weighted by atomic mass is 10.1. The number of aryl methyl sites for hydroxylation is 1. The largest absolute Gasteiger partial charge is 0.346 e. The molecule has 0 fully saturated rings. The van der Waals surface area contributed by atoms with E-state index in [9.17, 15) is 9.59 Å². The van der Waals surface area contributed by atoms with Gasteiger partial charge in [0.2, 0.25) is 0 Å². The molecule has 0 saturated heterocycles. The van der Waals surface area contributed by atoms with Crippen LogP contribution in [0.2, 0.25) is 0 Å². The predicted molar refractivity (Wildman–Crippen MR) is 119 cm³/mol. The molecule has 0 unspecified atom stereocenters. The summed E-state index contributed by atoms with van der Waals surface area (Å²) in [7, 11) is 0. The van der Waals surface area contributed by atoms with Gasteiger partial charge < -0.3 is 4.57 Å². The first-order valence-electron chi connectivity index (χ1n) is 9.74. The molecule has 0 bridgehead atoms. The number of carbonyl (C=O) groups is 1. The summed E-state index contributed by atoms with van der Waals surface area (Å²) >= 11 is 1.28. The second-order valence-electron chi connectivity index (χ2n) is 6.83. The number of fused-ring (bicyclic) bond motifs is 2. The van der Waals surface area contributed by atoms with Crippen molar-refractivity contribution >= 4 is 39.4 Å². The van der Waals surface area contributed by atoms with Crippen molar-refractivity contribution in [2.45, 2.75) is 31.6 Å². The number of nitrogens with zero attached hydrogens (tertiary/aromatic N) is 4. The van der Waals surface area contributed by atoms with E-state index in [4.69, 9.17) is 5.26 Å². The van der Waals surface area contributed by atoms with E-state index in [1.807, 2.05) is 60.2 Å². The summed E-state index contributed by atoms with van der Waals surface area (Å²) in [5.74, 6) is 0.147. The van der Waals surface area contributed by atoms with Gasteiger partial charge in [0.1, 0.15) is 0 Å². The van der Waals surface area contributed by atoms with Crippen LogP contribution >= 0.6 is 11.8 Å². The third-order valence-corrected chi connectivity index (χ3v) is 6.01. The first kappa shape index (κ1) is 19.9. The Balaban J connectivity index is 1.65.